The van der Waals surface area contributed by atoms with E-state index < -0.39 is 0 Å². The Morgan fingerprint density at radius 1 is 0.850 bits per heavy atom. The lowest BCUT2D eigenvalue weighted by molar-refractivity contribution is 0.709. The largest absolute Gasteiger partial charge is 0.307 e. The Morgan fingerprint density at radius 2 is 1.55 bits per heavy atom. The topological polar surface area (TPSA) is 12.0 Å². The summed E-state index contributed by atoms with van der Waals surface area (Å²) in [6, 6.07) is 15.0. The van der Waals surface area contributed by atoms with Crippen molar-refractivity contribution in [2.75, 3.05) is 0 Å². The van der Waals surface area contributed by atoms with Crippen molar-refractivity contribution in [1.29, 1.82) is 0 Å². The average Bonchev–Trinajstić information content (AvgIpc) is 3.09. The second kappa shape index (κ2) is 6.68. The van der Waals surface area contributed by atoms with E-state index in [0.29, 0.717) is 0 Å². The molecule has 2 heterocycles. The molecule has 3 rings (SSSR count). The Kier molecular flexibility index (Phi) is 4.68. The molecule has 0 aliphatic carbocycles. The van der Waals surface area contributed by atoms with Crippen LogP contribution in [0.4, 0.5) is 0 Å². The van der Waals surface area contributed by atoms with E-state index in [4.69, 9.17) is 0 Å². The monoisotopic (exact) mass is 363 g/mol. The molecule has 0 radical (unpaired) electrons. The van der Waals surface area contributed by atoms with Gasteiger partial charge in [0.05, 0.1) is 0 Å². The van der Waals surface area contributed by atoms with Gasteiger partial charge in [-0.2, -0.15) is 0 Å². The molecule has 102 valence electrons. The van der Waals surface area contributed by atoms with Crippen LogP contribution in [0, 0.1) is 0 Å². The molecule has 0 spiro atoms. The molecular weight excluding hydrogens is 350 g/mol. The first-order valence-corrected chi connectivity index (χ1v) is 8.93. The van der Waals surface area contributed by atoms with Crippen LogP contribution in [0.5, 0.6) is 0 Å². The third-order valence-corrected chi connectivity index (χ3v) is 5.62. The van der Waals surface area contributed by atoms with Gasteiger partial charge in [0.25, 0.3) is 0 Å². The molecule has 0 aliphatic rings. The molecule has 0 saturated heterocycles. The Bertz CT molecular complexity index is 673. The van der Waals surface area contributed by atoms with Gasteiger partial charge in [-0.05, 0) is 44.6 Å². The molecule has 0 saturated carbocycles. The summed E-state index contributed by atoms with van der Waals surface area (Å²) >= 11 is 7.08. The van der Waals surface area contributed by atoms with Gasteiger partial charge in [0.15, 0.2) is 0 Å². The molecule has 1 aromatic carbocycles. The van der Waals surface area contributed by atoms with E-state index in [1.807, 2.05) is 11.3 Å². The van der Waals surface area contributed by atoms with Crippen molar-refractivity contribution in [3.8, 4) is 11.1 Å². The molecule has 0 fully saturated rings. The number of halogens is 1. The minimum absolute atomic E-state index is 0.924. The SMILES string of the molecule is Brc1csc(CNCc2cc(-c3ccccc3)cs2)c1. The molecule has 0 amide bonds. The van der Waals surface area contributed by atoms with Crippen molar-refractivity contribution in [3.05, 3.63) is 67.5 Å². The first-order valence-electron chi connectivity index (χ1n) is 6.38. The van der Waals surface area contributed by atoms with Crippen LogP contribution in [0.3, 0.4) is 0 Å². The summed E-state index contributed by atoms with van der Waals surface area (Å²) < 4.78 is 1.17. The molecule has 1 nitrogen and oxygen atoms in total. The highest BCUT2D eigenvalue weighted by atomic mass is 79.9. The van der Waals surface area contributed by atoms with Crippen molar-refractivity contribution >= 4 is 38.6 Å². The Balaban J connectivity index is 1.58. The lowest BCUT2D eigenvalue weighted by atomic mass is 10.1. The first kappa shape index (κ1) is 14.0. The minimum atomic E-state index is 0.924. The van der Waals surface area contributed by atoms with Crippen LogP contribution < -0.4 is 5.32 Å². The zero-order valence-corrected chi connectivity index (χ0v) is 14.0. The van der Waals surface area contributed by atoms with Crippen LogP contribution in [-0.2, 0) is 13.1 Å². The number of benzene rings is 1. The van der Waals surface area contributed by atoms with E-state index in [1.165, 1.54) is 25.4 Å². The van der Waals surface area contributed by atoms with Gasteiger partial charge in [-0.3, -0.25) is 0 Å². The summed E-state index contributed by atoms with van der Waals surface area (Å²) in [5, 5.41) is 7.85. The van der Waals surface area contributed by atoms with E-state index in [0.717, 1.165) is 13.1 Å². The number of hydrogen-bond acceptors (Lipinski definition) is 3. The van der Waals surface area contributed by atoms with Crippen LogP contribution in [0.15, 0.2) is 57.7 Å². The van der Waals surface area contributed by atoms with Gasteiger partial charge >= 0.3 is 0 Å². The van der Waals surface area contributed by atoms with Gasteiger partial charge in [-0.15, -0.1) is 22.7 Å². The number of hydrogen-bond donors (Lipinski definition) is 1. The van der Waals surface area contributed by atoms with Gasteiger partial charge in [-0.25, -0.2) is 0 Å². The lowest BCUT2D eigenvalue weighted by Crippen LogP contribution is -2.10. The Hall–Kier alpha value is -0.940. The molecule has 0 bridgehead atoms. The molecular formula is C16H14BrNS2. The minimum Gasteiger partial charge on any atom is -0.307 e. The highest BCUT2D eigenvalue weighted by Crippen LogP contribution is 2.25. The van der Waals surface area contributed by atoms with Crippen LogP contribution >= 0.6 is 38.6 Å². The highest BCUT2D eigenvalue weighted by molar-refractivity contribution is 9.10. The van der Waals surface area contributed by atoms with Crippen molar-refractivity contribution in [3.63, 3.8) is 0 Å². The van der Waals surface area contributed by atoms with E-state index in [9.17, 15) is 0 Å². The molecule has 0 aliphatic heterocycles. The maximum absolute atomic E-state index is 3.50. The Morgan fingerprint density at radius 3 is 2.25 bits per heavy atom. The summed E-state index contributed by atoms with van der Waals surface area (Å²) in [7, 11) is 0. The van der Waals surface area contributed by atoms with E-state index in [-0.39, 0.29) is 0 Å². The lowest BCUT2D eigenvalue weighted by Gasteiger charge is -2.00. The second-order valence-corrected chi connectivity index (χ2v) is 7.41. The quantitative estimate of drug-likeness (QED) is 0.628. The van der Waals surface area contributed by atoms with Gasteiger partial charge in [0, 0.05) is 32.7 Å². The fraction of sp³-hybridized carbons (Fsp3) is 0.125. The predicted molar refractivity (Wildman–Crippen MR) is 92.3 cm³/mol. The number of rotatable bonds is 5. The summed E-state index contributed by atoms with van der Waals surface area (Å²) in [6.45, 7) is 1.85. The average molecular weight is 364 g/mol. The zero-order chi connectivity index (χ0) is 13.8. The number of nitrogens with one attached hydrogen (secondary N) is 1. The van der Waals surface area contributed by atoms with Crippen molar-refractivity contribution < 1.29 is 0 Å². The summed E-state index contributed by atoms with van der Waals surface area (Å²) in [4.78, 5) is 2.73. The van der Waals surface area contributed by atoms with Crippen LogP contribution in [-0.4, -0.2) is 0 Å². The standard InChI is InChI=1S/C16H14BrNS2/c17-14-7-16(20-11-14)9-18-8-15-6-13(10-19-15)12-4-2-1-3-5-12/h1-7,10-11,18H,8-9H2. The van der Waals surface area contributed by atoms with Gasteiger partial charge < -0.3 is 5.32 Å². The fourth-order valence-electron chi connectivity index (χ4n) is 2.01. The van der Waals surface area contributed by atoms with Crippen LogP contribution in [0.2, 0.25) is 0 Å². The smallest absolute Gasteiger partial charge is 0.0303 e. The summed E-state index contributed by atoms with van der Waals surface area (Å²) in [5.74, 6) is 0. The third-order valence-electron chi connectivity index (χ3n) is 2.98. The zero-order valence-electron chi connectivity index (χ0n) is 10.8. The molecule has 3 aromatic rings. The normalized spacial score (nSPS) is 10.8. The summed E-state index contributed by atoms with van der Waals surface area (Å²) in [5.41, 5.74) is 2.60. The third kappa shape index (κ3) is 3.58. The first-order chi connectivity index (χ1) is 9.81. The van der Waals surface area contributed by atoms with E-state index in [1.54, 1.807) is 11.3 Å². The van der Waals surface area contributed by atoms with Crippen molar-refractivity contribution in [2.24, 2.45) is 0 Å². The molecule has 0 atom stereocenters. The van der Waals surface area contributed by atoms with E-state index in [2.05, 4.69) is 74.5 Å². The van der Waals surface area contributed by atoms with E-state index >= 15 is 0 Å². The predicted octanol–water partition coefficient (Wildman–Crippen LogP) is 5.53. The van der Waals surface area contributed by atoms with Gasteiger partial charge in [0.2, 0.25) is 0 Å². The van der Waals surface area contributed by atoms with Crippen molar-refractivity contribution in [2.45, 2.75) is 13.1 Å². The van der Waals surface area contributed by atoms with Gasteiger partial charge in [-0.1, -0.05) is 30.3 Å². The molecule has 1 N–H and O–H groups in total. The van der Waals surface area contributed by atoms with Gasteiger partial charge in [0.1, 0.15) is 0 Å². The molecule has 4 heteroatoms. The Labute approximate surface area is 135 Å². The molecule has 20 heavy (non-hydrogen) atoms. The van der Waals surface area contributed by atoms with Crippen LogP contribution in [0.1, 0.15) is 9.75 Å². The highest BCUT2D eigenvalue weighted by Gasteiger charge is 2.02. The molecule has 0 unspecified atom stereocenters. The molecule has 2 aromatic heterocycles. The summed E-state index contributed by atoms with van der Waals surface area (Å²) in [6.07, 6.45) is 0. The fourth-order valence-corrected chi connectivity index (χ4v) is 4.29. The maximum Gasteiger partial charge on any atom is 0.0303 e. The van der Waals surface area contributed by atoms with Crippen molar-refractivity contribution in [1.82, 2.24) is 5.32 Å². The van der Waals surface area contributed by atoms with Crippen LogP contribution in [0.25, 0.3) is 11.1 Å². The number of thiophene rings is 2. The maximum atomic E-state index is 3.50. The second-order valence-electron chi connectivity index (χ2n) is 4.50.